The first-order valence-corrected chi connectivity index (χ1v) is 6.41. The molecule has 1 aliphatic carbocycles. The van der Waals surface area contributed by atoms with Crippen LogP contribution < -0.4 is 5.32 Å². The van der Waals surface area contributed by atoms with E-state index in [1.165, 1.54) is 25.7 Å². The molecule has 1 heterocycles. The van der Waals surface area contributed by atoms with E-state index in [0.29, 0.717) is 11.3 Å². The lowest BCUT2D eigenvalue weighted by Gasteiger charge is -2.33. The van der Waals surface area contributed by atoms with Gasteiger partial charge in [0.1, 0.15) is 0 Å². The van der Waals surface area contributed by atoms with Gasteiger partial charge in [-0.05, 0) is 25.7 Å². The maximum absolute atomic E-state index is 6.23. The fraction of sp³-hybridized carbons (Fsp3) is 1.00. The van der Waals surface area contributed by atoms with Crippen molar-refractivity contribution >= 4 is 0 Å². The first-order valence-electron chi connectivity index (χ1n) is 6.41. The molecule has 0 aromatic rings. The van der Waals surface area contributed by atoms with Crippen molar-refractivity contribution < 1.29 is 4.74 Å². The number of hydrogen-bond acceptors (Lipinski definition) is 2. The lowest BCUT2D eigenvalue weighted by molar-refractivity contribution is -0.0777. The molecule has 1 atom stereocenters. The van der Waals surface area contributed by atoms with Crippen LogP contribution in [0.4, 0.5) is 0 Å². The lowest BCUT2D eigenvalue weighted by Crippen LogP contribution is -2.42. The van der Waals surface area contributed by atoms with Crippen molar-refractivity contribution in [3.05, 3.63) is 0 Å². The molecule has 2 aliphatic rings. The molecule has 0 radical (unpaired) electrons. The van der Waals surface area contributed by atoms with Crippen LogP contribution >= 0.6 is 0 Å². The van der Waals surface area contributed by atoms with Gasteiger partial charge in [-0.15, -0.1) is 0 Å². The molecular weight excluding hydrogens is 186 g/mol. The number of hydrogen-bond donors (Lipinski definition) is 1. The van der Waals surface area contributed by atoms with E-state index in [0.717, 1.165) is 19.7 Å². The van der Waals surface area contributed by atoms with Crippen LogP contribution in [0.5, 0.6) is 0 Å². The Morgan fingerprint density at radius 2 is 1.80 bits per heavy atom. The van der Waals surface area contributed by atoms with Gasteiger partial charge in [-0.25, -0.2) is 0 Å². The van der Waals surface area contributed by atoms with Crippen LogP contribution in [-0.2, 0) is 4.74 Å². The van der Waals surface area contributed by atoms with Gasteiger partial charge in [0.05, 0.1) is 12.2 Å². The fourth-order valence-electron chi connectivity index (χ4n) is 2.81. The van der Waals surface area contributed by atoms with Crippen molar-refractivity contribution in [1.29, 1.82) is 0 Å². The molecule has 0 aromatic carbocycles. The Labute approximate surface area is 93.8 Å². The summed E-state index contributed by atoms with van der Waals surface area (Å²) in [6.45, 7) is 9.90. The zero-order chi connectivity index (χ0) is 10.9. The second-order valence-electron chi connectivity index (χ2n) is 6.07. The molecule has 2 nitrogen and oxygen atoms in total. The zero-order valence-electron chi connectivity index (χ0n) is 10.4. The molecule has 2 rings (SSSR count). The summed E-state index contributed by atoms with van der Waals surface area (Å²) < 4.78 is 6.23. The highest BCUT2D eigenvalue weighted by molar-refractivity contribution is 4.93. The molecule has 15 heavy (non-hydrogen) atoms. The second-order valence-corrected chi connectivity index (χ2v) is 6.07. The van der Waals surface area contributed by atoms with Gasteiger partial charge in [0.15, 0.2) is 0 Å². The van der Waals surface area contributed by atoms with Gasteiger partial charge in [-0.1, -0.05) is 26.7 Å². The van der Waals surface area contributed by atoms with E-state index in [2.05, 4.69) is 26.1 Å². The van der Waals surface area contributed by atoms with Crippen molar-refractivity contribution in [3.63, 3.8) is 0 Å². The predicted octanol–water partition coefficient (Wildman–Crippen LogP) is 2.58. The average molecular weight is 211 g/mol. The summed E-state index contributed by atoms with van der Waals surface area (Å²) in [6, 6.07) is 0. The molecule has 1 N–H and O–H groups in total. The summed E-state index contributed by atoms with van der Waals surface area (Å²) >= 11 is 0. The minimum Gasteiger partial charge on any atom is -0.373 e. The molecule has 2 fully saturated rings. The third kappa shape index (κ3) is 2.21. The quantitative estimate of drug-likeness (QED) is 0.720. The fourth-order valence-corrected chi connectivity index (χ4v) is 2.81. The van der Waals surface area contributed by atoms with Crippen molar-refractivity contribution in [2.24, 2.45) is 11.3 Å². The Balaban J connectivity index is 2.03. The van der Waals surface area contributed by atoms with Gasteiger partial charge in [0.25, 0.3) is 0 Å². The van der Waals surface area contributed by atoms with Crippen LogP contribution in [0.3, 0.4) is 0 Å². The van der Waals surface area contributed by atoms with Crippen LogP contribution in [-0.4, -0.2) is 25.3 Å². The Hall–Kier alpha value is -0.0800. The molecule has 1 saturated heterocycles. The standard InChI is InChI=1S/C13H25NO/c1-11(2)12(3)8-14-9-13(10-15-12)6-4-5-7-13/h11,14H,4-10H2,1-3H3. The maximum Gasteiger partial charge on any atom is 0.0801 e. The van der Waals surface area contributed by atoms with Gasteiger partial charge < -0.3 is 10.1 Å². The normalized spacial score (nSPS) is 36.0. The van der Waals surface area contributed by atoms with E-state index >= 15 is 0 Å². The molecule has 1 spiro atoms. The van der Waals surface area contributed by atoms with Crippen LogP contribution in [0.1, 0.15) is 46.5 Å². The van der Waals surface area contributed by atoms with Gasteiger partial charge in [-0.2, -0.15) is 0 Å². The molecular formula is C13H25NO. The summed E-state index contributed by atoms with van der Waals surface area (Å²) in [7, 11) is 0. The minimum atomic E-state index is 0.0338. The first-order chi connectivity index (χ1) is 7.06. The highest BCUT2D eigenvalue weighted by Gasteiger charge is 2.41. The van der Waals surface area contributed by atoms with Crippen LogP contribution in [0.2, 0.25) is 0 Å². The summed E-state index contributed by atoms with van der Waals surface area (Å²) in [6.07, 6.45) is 5.50. The SMILES string of the molecule is CC(C)C1(C)CNCC2(CCCC2)CO1. The zero-order valence-corrected chi connectivity index (χ0v) is 10.4. The highest BCUT2D eigenvalue weighted by atomic mass is 16.5. The predicted molar refractivity (Wildman–Crippen MR) is 63.0 cm³/mol. The van der Waals surface area contributed by atoms with Crippen molar-refractivity contribution in [3.8, 4) is 0 Å². The van der Waals surface area contributed by atoms with Crippen molar-refractivity contribution in [2.75, 3.05) is 19.7 Å². The van der Waals surface area contributed by atoms with Gasteiger partial charge in [0.2, 0.25) is 0 Å². The summed E-state index contributed by atoms with van der Waals surface area (Å²) in [5, 5.41) is 3.63. The lowest BCUT2D eigenvalue weighted by atomic mass is 9.87. The summed E-state index contributed by atoms with van der Waals surface area (Å²) in [4.78, 5) is 0. The Morgan fingerprint density at radius 3 is 2.40 bits per heavy atom. The van der Waals surface area contributed by atoms with E-state index in [4.69, 9.17) is 4.74 Å². The van der Waals surface area contributed by atoms with E-state index < -0.39 is 0 Å². The van der Waals surface area contributed by atoms with E-state index in [9.17, 15) is 0 Å². The van der Waals surface area contributed by atoms with Crippen LogP contribution in [0, 0.1) is 11.3 Å². The molecule has 2 heteroatoms. The van der Waals surface area contributed by atoms with E-state index in [1.807, 2.05) is 0 Å². The second kappa shape index (κ2) is 4.06. The summed E-state index contributed by atoms with van der Waals surface area (Å²) in [5.41, 5.74) is 0.499. The third-order valence-corrected chi connectivity index (χ3v) is 4.57. The monoisotopic (exact) mass is 211 g/mol. The molecule has 88 valence electrons. The number of ether oxygens (including phenoxy) is 1. The largest absolute Gasteiger partial charge is 0.373 e. The Morgan fingerprint density at radius 1 is 1.13 bits per heavy atom. The Bertz CT molecular complexity index is 215. The maximum atomic E-state index is 6.23. The molecule has 1 unspecified atom stereocenters. The van der Waals surface area contributed by atoms with E-state index in [-0.39, 0.29) is 5.60 Å². The molecule has 0 aromatic heterocycles. The molecule has 1 aliphatic heterocycles. The highest BCUT2D eigenvalue weighted by Crippen LogP contribution is 2.40. The topological polar surface area (TPSA) is 21.3 Å². The summed E-state index contributed by atoms with van der Waals surface area (Å²) in [5.74, 6) is 0.585. The first kappa shape index (κ1) is 11.4. The van der Waals surface area contributed by atoms with Gasteiger partial charge in [-0.3, -0.25) is 0 Å². The minimum absolute atomic E-state index is 0.0338. The molecule has 0 bridgehead atoms. The molecule has 1 saturated carbocycles. The van der Waals surface area contributed by atoms with Crippen LogP contribution in [0.25, 0.3) is 0 Å². The number of rotatable bonds is 1. The Kier molecular flexibility index (Phi) is 3.09. The van der Waals surface area contributed by atoms with E-state index in [1.54, 1.807) is 0 Å². The average Bonchev–Trinajstić information content (AvgIpc) is 2.56. The van der Waals surface area contributed by atoms with Gasteiger partial charge >= 0.3 is 0 Å². The van der Waals surface area contributed by atoms with Crippen LogP contribution in [0.15, 0.2) is 0 Å². The van der Waals surface area contributed by atoms with Crippen molar-refractivity contribution in [1.82, 2.24) is 5.32 Å². The molecule has 0 amide bonds. The number of nitrogens with one attached hydrogen (secondary N) is 1. The van der Waals surface area contributed by atoms with Gasteiger partial charge in [0, 0.05) is 18.5 Å². The third-order valence-electron chi connectivity index (χ3n) is 4.57. The smallest absolute Gasteiger partial charge is 0.0801 e. The van der Waals surface area contributed by atoms with Crippen molar-refractivity contribution in [2.45, 2.75) is 52.1 Å².